The molecule has 0 bridgehead atoms. The molecule has 0 heterocycles. The van der Waals surface area contributed by atoms with Crippen LogP contribution in [0.4, 0.5) is 4.79 Å². The van der Waals surface area contributed by atoms with Crippen LogP contribution in [0, 0.1) is 0 Å². The van der Waals surface area contributed by atoms with Crippen LogP contribution in [-0.4, -0.2) is 34.1 Å². The Bertz CT molecular complexity index is 414. The molecule has 0 saturated heterocycles. The van der Waals surface area contributed by atoms with Gasteiger partial charge in [0.05, 0.1) is 17.7 Å². The number of carbonyl (C=O) groups is 1. The first-order valence-electron chi connectivity index (χ1n) is 6.72. The second-order valence-corrected chi connectivity index (χ2v) is 5.31. The van der Waals surface area contributed by atoms with Gasteiger partial charge in [0.15, 0.2) is 0 Å². The molecular weight excluding hydrogens is 258 g/mol. The van der Waals surface area contributed by atoms with Gasteiger partial charge in [0.1, 0.15) is 6.61 Å². The average molecular weight is 281 g/mol. The van der Waals surface area contributed by atoms with Gasteiger partial charge in [-0.2, -0.15) is 0 Å². The molecule has 0 aromatic heterocycles. The van der Waals surface area contributed by atoms with Crippen LogP contribution in [0.25, 0.3) is 0 Å². The molecule has 5 heteroatoms. The van der Waals surface area contributed by atoms with Crippen LogP contribution >= 0.6 is 0 Å². The first kappa shape index (κ1) is 16.5. The fourth-order valence-corrected chi connectivity index (χ4v) is 1.87. The van der Waals surface area contributed by atoms with Crippen molar-refractivity contribution in [2.45, 2.75) is 51.5 Å². The highest BCUT2D eigenvalue weighted by molar-refractivity contribution is 5.67. The smallest absolute Gasteiger partial charge is 0.407 e. The number of aliphatic hydroxyl groups is 2. The summed E-state index contributed by atoms with van der Waals surface area (Å²) in [5.74, 6) is 0. The predicted octanol–water partition coefficient (Wildman–Crippen LogP) is 1.82. The molecule has 0 aliphatic heterocycles. The second kappa shape index (κ2) is 7.26. The first-order chi connectivity index (χ1) is 9.34. The summed E-state index contributed by atoms with van der Waals surface area (Å²) in [5.41, 5.74) is -0.361. The van der Waals surface area contributed by atoms with Crippen LogP contribution in [0.2, 0.25) is 0 Å². The zero-order valence-electron chi connectivity index (χ0n) is 12.2. The number of hydrogen-bond donors (Lipinski definition) is 3. The van der Waals surface area contributed by atoms with E-state index in [4.69, 9.17) is 4.74 Å². The lowest BCUT2D eigenvalue weighted by Gasteiger charge is -2.33. The number of nitrogens with one attached hydrogen (secondary N) is 1. The van der Waals surface area contributed by atoms with Gasteiger partial charge in [-0.1, -0.05) is 37.3 Å². The zero-order chi connectivity index (χ0) is 15.2. The van der Waals surface area contributed by atoms with E-state index in [2.05, 4.69) is 5.32 Å². The van der Waals surface area contributed by atoms with Crippen LogP contribution < -0.4 is 5.32 Å². The number of amides is 1. The number of aliphatic hydroxyl groups excluding tert-OH is 1. The Balaban J connectivity index is 2.54. The zero-order valence-corrected chi connectivity index (χ0v) is 12.2. The van der Waals surface area contributed by atoms with Gasteiger partial charge in [-0.3, -0.25) is 0 Å². The van der Waals surface area contributed by atoms with E-state index in [0.29, 0.717) is 6.42 Å². The van der Waals surface area contributed by atoms with Crippen molar-refractivity contribution in [3.05, 3.63) is 35.9 Å². The number of carbonyl (C=O) groups excluding carboxylic acids is 1. The third kappa shape index (κ3) is 5.19. The van der Waals surface area contributed by atoms with Gasteiger partial charge in [0, 0.05) is 0 Å². The maximum Gasteiger partial charge on any atom is 0.407 e. The summed E-state index contributed by atoms with van der Waals surface area (Å²) in [5, 5.41) is 22.4. The molecule has 1 aromatic rings. The highest BCUT2D eigenvalue weighted by atomic mass is 16.5. The fourth-order valence-electron chi connectivity index (χ4n) is 1.87. The summed E-state index contributed by atoms with van der Waals surface area (Å²) in [6, 6.07) is 8.51. The van der Waals surface area contributed by atoms with Crippen LogP contribution in [0.1, 0.15) is 32.8 Å². The molecule has 0 fully saturated rings. The van der Waals surface area contributed by atoms with Gasteiger partial charge in [-0.25, -0.2) is 4.79 Å². The minimum atomic E-state index is -1.23. The second-order valence-electron chi connectivity index (χ2n) is 5.31. The minimum absolute atomic E-state index is 0.146. The molecule has 112 valence electrons. The van der Waals surface area contributed by atoms with E-state index in [0.717, 1.165) is 5.56 Å². The van der Waals surface area contributed by atoms with Gasteiger partial charge in [0.2, 0.25) is 0 Å². The summed E-state index contributed by atoms with van der Waals surface area (Å²) in [6.07, 6.45) is -1.07. The Morgan fingerprint density at radius 2 is 1.95 bits per heavy atom. The largest absolute Gasteiger partial charge is 0.445 e. The molecule has 0 aliphatic rings. The van der Waals surface area contributed by atoms with E-state index in [-0.39, 0.29) is 6.61 Å². The lowest BCUT2D eigenvalue weighted by atomic mass is 9.92. The molecule has 20 heavy (non-hydrogen) atoms. The topological polar surface area (TPSA) is 78.8 Å². The van der Waals surface area contributed by atoms with Gasteiger partial charge < -0.3 is 20.3 Å². The number of hydrogen-bond acceptors (Lipinski definition) is 4. The molecule has 3 N–H and O–H groups in total. The molecule has 0 spiro atoms. The van der Waals surface area contributed by atoms with E-state index in [1.54, 1.807) is 6.92 Å². The van der Waals surface area contributed by atoms with Crippen LogP contribution in [0.3, 0.4) is 0 Å². The maximum absolute atomic E-state index is 11.7. The van der Waals surface area contributed by atoms with Crippen LogP contribution in [0.15, 0.2) is 30.3 Å². The highest BCUT2D eigenvalue weighted by Gasteiger charge is 2.34. The van der Waals surface area contributed by atoms with Crippen molar-refractivity contribution in [2.75, 3.05) is 0 Å². The van der Waals surface area contributed by atoms with Crippen molar-refractivity contribution in [1.82, 2.24) is 5.32 Å². The monoisotopic (exact) mass is 281 g/mol. The van der Waals surface area contributed by atoms with Gasteiger partial charge in [0.25, 0.3) is 0 Å². The molecule has 0 radical (unpaired) electrons. The molecule has 1 aromatic carbocycles. The quantitative estimate of drug-likeness (QED) is 0.743. The minimum Gasteiger partial charge on any atom is -0.445 e. The van der Waals surface area contributed by atoms with Crippen LogP contribution in [0.5, 0.6) is 0 Å². The Kier molecular flexibility index (Phi) is 5.98. The van der Waals surface area contributed by atoms with Crippen molar-refractivity contribution in [1.29, 1.82) is 0 Å². The average Bonchev–Trinajstić information content (AvgIpc) is 2.41. The summed E-state index contributed by atoms with van der Waals surface area (Å²) in [4.78, 5) is 11.7. The van der Waals surface area contributed by atoms with Crippen molar-refractivity contribution < 1.29 is 19.7 Å². The molecular formula is C15H23NO4. The van der Waals surface area contributed by atoms with E-state index >= 15 is 0 Å². The van der Waals surface area contributed by atoms with Crippen molar-refractivity contribution in [2.24, 2.45) is 0 Å². The molecule has 5 nitrogen and oxygen atoms in total. The van der Waals surface area contributed by atoms with Gasteiger partial charge in [-0.15, -0.1) is 0 Å². The third-order valence-corrected chi connectivity index (χ3v) is 3.05. The number of alkyl carbamates (subject to hydrolysis) is 1. The number of rotatable bonds is 6. The maximum atomic E-state index is 11.7. The normalized spacial score (nSPS) is 14.4. The van der Waals surface area contributed by atoms with E-state index in [1.807, 2.05) is 30.3 Å². The Morgan fingerprint density at radius 3 is 2.45 bits per heavy atom. The fraction of sp³-hybridized carbons (Fsp3) is 0.533. The highest BCUT2D eigenvalue weighted by Crippen LogP contribution is 2.15. The molecule has 0 saturated carbocycles. The summed E-state index contributed by atoms with van der Waals surface area (Å²) >= 11 is 0. The van der Waals surface area contributed by atoms with Gasteiger partial charge in [-0.05, 0) is 25.8 Å². The standard InChI is InChI=1S/C15H23NO4/c1-4-12(17)13(15(2,3)19)16-14(18)20-10-11-8-6-5-7-9-11/h5-9,12-13,17,19H,4,10H2,1-3H3,(H,16,18)/t12-,13+/m1/s1. The third-order valence-electron chi connectivity index (χ3n) is 3.05. The SMILES string of the molecule is CC[C@@H](O)[C@H](NC(=O)OCc1ccccc1)C(C)(C)O. The van der Waals surface area contributed by atoms with E-state index < -0.39 is 23.8 Å². The first-order valence-corrected chi connectivity index (χ1v) is 6.72. The lowest BCUT2D eigenvalue weighted by Crippen LogP contribution is -2.55. The van der Waals surface area contributed by atoms with Crippen molar-refractivity contribution in [3.8, 4) is 0 Å². The molecule has 2 atom stereocenters. The van der Waals surface area contributed by atoms with Crippen molar-refractivity contribution in [3.63, 3.8) is 0 Å². The Morgan fingerprint density at radius 1 is 1.35 bits per heavy atom. The Labute approximate surface area is 119 Å². The van der Waals surface area contributed by atoms with Crippen LogP contribution in [-0.2, 0) is 11.3 Å². The van der Waals surface area contributed by atoms with Gasteiger partial charge >= 0.3 is 6.09 Å². The summed E-state index contributed by atoms with van der Waals surface area (Å²) in [7, 11) is 0. The summed E-state index contributed by atoms with van der Waals surface area (Å²) in [6.45, 7) is 5.00. The van der Waals surface area contributed by atoms with E-state index in [1.165, 1.54) is 13.8 Å². The molecule has 0 aliphatic carbocycles. The number of ether oxygens (including phenoxy) is 1. The van der Waals surface area contributed by atoms with E-state index in [9.17, 15) is 15.0 Å². The molecule has 1 amide bonds. The lowest BCUT2D eigenvalue weighted by molar-refractivity contribution is -0.0219. The molecule has 0 unspecified atom stereocenters. The predicted molar refractivity (Wildman–Crippen MR) is 76.1 cm³/mol. The number of benzene rings is 1. The molecule has 1 rings (SSSR count). The summed E-state index contributed by atoms with van der Waals surface area (Å²) < 4.78 is 5.08. The van der Waals surface area contributed by atoms with Crippen molar-refractivity contribution >= 4 is 6.09 Å². The Hall–Kier alpha value is -1.59.